The van der Waals surface area contributed by atoms with E-state index < -0.39 is 27.2 Å². The standard InChI is InChI=1S/C24H24F2N4O3S/c1-3-14-8-28-24(29-9-14)30-11-17-18(12-30)19(17)13-33-23-20(25)6-15(7-21(23)26)22-5-4-16(10-27-22)34(2,31)32/h4-10,17-19H,3,11-13H2,1-2H3/t17-,18?,19?/m1/s1. The van der Waals surface area contributed by atoms with E-state index >= 15 is 0 Å². The third kappa shape index (κ3) is 4.34. The lowest BCUT2D eigenvalue weighted by Gasteiger charge is -2.20. The van der Waals surface area contributed by atoms with E-state index in [4.69, 9.17) is 4.74 Å². The third-order valence-electron chi connectivity index (χ3n) is 6.63. The van der Waals surface area contributed by atoms with Crippen LogP contribution in [0, 0.1) is 29.4 Å². The summed E-state index contributed by atoms with van der Waals surface area (Å²) in [5, 5.41) is 0. The van der Waals surface area contributed by atoms with Crippen molar-refractivity contribution in [3.8, 4) is 17.0 Å². The first-order valence-corrected chi connectivity index (χ1v) is 13.0. The summed E-state index contributed by atoms with van der Waals surface area (Å²) in [6.07, 6.45) is 6.82. The fourth-order valence-corrected chi connectivity index (χ4v) is 5.11. The summed E-state index contributed by atoms with van der Waals surface area (Å²) in [4.78, 5) is 15.1. The molecule has 34 heavy (non-hydrogen) atoms. The van der Waals surface area contributed by atoms with E-state index in [1.165, 1.54) is 18.3 Å². The fraction of sp³-hybridized carbons (Fsp3) is 0.375. The predicted molar refractivity (Wildman–Crippen MR) is 122 cm³/mol. The predicted octanol–water partition coefficient (Wildman–Crippen LogP) is 3.54. The number of benzene rings is 1. The highest BCUT2D eigenvalue weighted by molar-refractivity contribution is 7.90. The van der Waals surface area contributed by atoms with Gasteiger partial charge in [0.1, 0.15) is 0 Å². The van der Waals surface area contributed by atoms with Gasteiger partial charge in [-0.3, -0.25) is 4.98 Å². The van der Waals surface area contributed by atoms with Crippen LogP contribution in [0.15, 0.2) is 47.8 Å². The van der Waals surface area contributed by atoms with Crippen molar-refractivity contribution in [2.45, 2.75) is 18.2 Å². The summed E-state index contributed by atoms with van der Waals surface area (Å²) >= 11 is 0. The Balaban J connectivity index is 1.20. The smallest absolute Gasteiger partial charge is 0.225 e. The maximum atomic E-state index is 14.7. The van der Waals surface area contributed by atoms with Crippen LogP contribution in [0.2, 0.25) is 0 Å². The van der Waals surface area contributed by atoms with E-state index in [0.29, 0.717) is 11.8 Å². The van der Waals surface area contributed by atoms with Crippen molar-refractivity contribution in [1.82, 2.24) is 15.0 Å². The second-order valence-electron chi connectivity index (χ2n) is 8.87. The number of anilines is 1. The van der Waals surface area contributed by atoms with Crippen molar-refractivity contribution in [3.05, 3.63) is 60.1 Å². The first kappa shape index (κ1) is 22.6. The van der Waals surface area contributed by atoms with Crippen LogP contribution in [0.1, 0.15) is 12.5 Å². The van der Waals surface area contributed by atoms with Crippen molar-refractivity contribution < 1.29 is 21.9 Å². The lowest BCUT2D eigenvalue weighted by Crippen LogP contribution is -2.27. The molecule has 0 bridgehead atoms. The Morgan fingerprint density at radius 3 is 2.21 bits per heavy atom. The molecule has 0 radical (unpaired) electrons. The number of halogens is 2. The zero-order valence-electron chi connectivity index (χ0n) is 18.8. The van der Waals surface area contributed by atoms with Gasteiger partial charge < -0.3 is 9.64 Å². The van der Waals surface area contributed by atoms with Crippen molar-refractivity contribution in [2.24, 2.45) is 17.8 Å². The Labute approximate surface area is 196 Å². The Kier molecular flexibility index (Phi) is 5.71. The van der Waals surface area contributed by atoms with Gasteiger partial charge in [0.15, 0.2) is 27.2 Å². The average Bonchev–Trinajstić information content (AvgIpc) is 3.26. The number of aromatic nitrogens is 3. The zero-order chi connectivity index (χ0) is 24.0. The van der Waals surface area contributed by atoms with Crippen LogP contribution in [-0.4, -0.2) is 49.3 Å². The molecule has 2 aromatic heterocycles. The van der Waals surface area contributed by atoms with E-state index in [2.05, 4.69) is 26.8 Å². The van der Waals surface area contributed by atoms with Crippen LogP contribution in [0.3, 0.4) is 0 Å². The van der Waals surface area contributed by atoms with Crippen LogP contribution in [-0.2, 0) is 16.3 Å². The van der Waals surface area contributed by atoms with Gasteiger partial charge in [-0.15, -0.1) is 0 Å². The number of ether oxygens (including phenoxy) is 1. The van der Waals surface area contributed by atoms with E-state index in [1.807, 2.05) is 12.4 Å². The number of aryl methyl sites for hydroxylation is 1. The molecular formula is C24H24F2N4O3S. The van der Waals surface area contributed by atoms with Crippen molar-refractivity contribution in [1.29, 1.82) is 0 Å². The molecule has 0 N–H and O–H groups in total. The SMILES string of the molecule is CCc1cnc(N2CC3C(COc4c(F)cc(-c5ccc(S(C)(=O)=O)cn5)cc4F)[C@@H]3C2)nc1. The molecule has 178 valence electrons. The first-order chi connectivity index (χ1) is 16.2. The Bertz CT molecular complexity index is 1280. The third-order valence-corrected chi connectivity index (χ3v) is 7.73. The monoisotopic (exact) mass is 486 g/mol. The second kappa shape index (κ2) is 8.57. The molecule has 3 heterocycles. The molecule has 3 aromatic rings. The van der Waals surface area contributed by atoms with Crippen molar-refractivity contribution in [3.63, 3.8) is 0 Å². The molecule has 0 amide bonds. The number of sulfone groups is 1. The van der Waals surface area contributed by atoms with Gasteiger partial charge in [0.2, 0.25) is 5.95 Å². The number of fused-ring (bicyclic) bond motifs is 1. The van der Waals surface area contributed by atoms with Crippen LogP contribution in [0.4, 0.5) is 14.7 Å². The first-order valence-electron chi connectivity index (χ1n) is 11.1. The minimum absolute atomic E-state index is 0.0373. The van der Waals surface area contributed by atoms with Crippen LogP contribution in [0.25, 0.3) is 11.3 Å². The highest BCUT2D eigenvalue weighted by atomic mass is 32.2. The molecule has 1 aliphatic heterocycles. The molecule has 2 unspecified atom stereocenters. The second-order valence-corrected chi connectivity index (χ2v) is 10.9. The molecule has 2 aliphatic rings. The molecule has 3 atom stereocenters. The lowest BCUT2D eigenvalue weighted by molar-refractivity contribution is 0.257. The topological polar surface area (TPSA) is 85.3 Å². The van der Waals surface area contributed by atoms with E-state index in [1.54, 1.807) is 0 Å². The highest BCUT2D eigenvalue weighted by Gasteiger charge is 2.56. The molecular weight excluding hydrogens is 462 g/mol. The number of piperidine rings is 1. The van der Waals surface area contributed by atoms with Gasteiger partial charge in [-0.1, -0.05) is 6.92 Å². The molecule has 1 saturated heterocycles. The summed E-state index contributed by atoms with van der Waals surface area (Å²) in [5.74, 6) is -0.280. The largest absolute Gasteiger partial charge is 0.487 e. The van der Waals surface area contributed by atoms with Gasteiger partial charge in [0, 0.05) is 49.4 Å². The Hall–Kier alpha value is -3.14. The van der Waals surface area contributed by atoms with Crippen molar-refractivity contribution in [2.75, 3.05) is 30.9 Å². The van der Waals surface area contributed by atoms with Gasteiger partial charge in [-0.05, 0) is 48.1 Å². The molecule has 7 nitrogen and oxygen atoms in total. The van der Waals surface area contributed by atoms with Gasteiger partial charge in [0.25, 0.3) is 0 Å². The molecule has 1 saturated carbocycles. The molecule has 0 spiro atoms. The number of pyridine rings is 1. The number of hydrogen-bond donors (Lipinski definition) is 0. The molecule has 10 heteroatoms. The van der Waals surface area contributed by atoms with Crippen molar-refractivity contribution >= 4 is 15.8 Å². The maximum Gasteiger partial charge on any atom is 0.225 e. The highest BCUT2D eigenvalue weighted by Crippen LogP contribution is 2.52. The van der Waals surface area contributed by atoms with Crippen LogP contribution in [0.5, 0.6) is 5.75 Å². The Morgan fingerprint density at radius 2 is 1.68 bits per heavy atom. The summed E-state index contributed by atoms with van der Waals surface area (Å²) < 4.78 is 58.0. The van der Waals surface area contributed by atoms with Crippen LogP contribution < -0.4 is 9.64 Å². The summed E-state index contributed by atoms with van der Waals surface area (Å²) in [5.41, 5.74) is 1.56. The van der Waals surface area contributed by atoms with E-state index in [-0.39, 0.29) is 28.7 Å². The number of nitrogens with zero attached hydrogens (tertiary/aromatic N) is 4. The minimum Gasteiger partial charge on any atom is -0.487 e. The van der Waals surface area contributed by atoms with Gasteiger partial charge >= 0.3 is 0 Å². The quantitative estimate of drug-likeness (QED) is 0.505. The zero-order valence-corrected chi connectivity index (χ0v) is 19.6. The number of hydrogen-bond acceptors (Lipinski definition) is 7. The summed E-state index contributed by atoms with van der Waals surface area (Å²) in [7, 11) is -3.40. The molecule has 1 aliphatic carbocycles. The lowest BCUT2D eigenvalue weighted by atomic mass is 10.1. The fourth-order valence-electron chi connectivity index (χ4n) is 4.55. The average molecular weight is 487 g/mol. The normalized spacial score (nSPS) is 21.4. The molecule has 2 fully saturated rings. The van der Waals surface area contributed by atoms with Gasteiger partial charge in [-0.25, -0.2) is 27.2 Å². The van der Waals surface area contributed by atoms with E-state index in [0.717, 1.165) is 49.4 Å². The Morgan fingerprint density at radius 1 is 1.03 bits per heavy atom. The maximum absolute atomic E-state index is 14.7. The summed E-state index contributed by atoms with van der Waals surface area (Å²) in [6, 6.07) is 5.07. The van der Waals surface area contributed by atoms with Crippen LogP contribution >= 0.6 is 0 Å². The molecule has 1 aromatic carbocycles. The van der Waals surface area contributed by atoms with Gasteiger partial charge in [-0.2, -0.15) is 0 Å². The number of rotatable bonds is 7. The van der Waals surface area contributed by atoms with Gasteiger partial charge in [0.05, 0.1) is 17.2 Å². The van der Waals surface area contributed by atoms with E-state index in [9.17, 15) is 17.2 Å². The minimum atomic E-state index is -3.40. The molecule has 5 rings (SSSR count). The summed E-state index contributed by atoms with van der Waals surface area (Å²) in [6.45, 7) is 3.92.